The Kier molecular flexibility index (Phi) is 45.1. The van der Waals surface area contributed by atoms with E-state index in [0.29, 0.717) is 13.0 Å². The molecule has 446 valence electrons. The third kappa shape index (κ3) is 35.7. The average Bonchev–Trinajstić information content (AvgIpc) is 3.43. The maximum Gasteiger partial charge on any atom is 0.306 e. The lowest BCUT2D eigenvalue weighted by Crippen LogP contribution is -2.61. The molecule has 14 nitrogen and oxygen atoms in total. The third-order valence-electron chi connectivity index (χ3n) is 14.2. The standard InChI is InChI=1S/C63H110O14/c1-3-5-7-9-11-13-15-17-19-21-23-25-26-27-28-30-32-34-36-38-40-42-44-46-55(65)75-52(49-72-47-45-43-41-39-37-35-33-31-29-24-22-20-18-16-14-12-10-8-6-4-2)50-73-62-61(71)59(69)57(67)54(77-62)51-74-63-60(70)58(68)56(66)53(48-64)76-63/h6,8,12,14-15,17-18,20-21,23-24,29,52-54,56-64,66-71H,3-5,7,9-11,13,16,19,22,25-28,30-51H2,1-2H3/b8-6-,14-12-,17-15-,20-18-,23-21-,29-24-. The molecule has 2 saturated heterocycles. The molecule has 0 aromatic heterocycles. The smallest absolute Gasteiger partial charge is 0.306 e. The van der Waals surface area contributed by atoms with E-state index in [9.17, 15) is 40.5 Å². The summed E-state index contributed by atoms with van der Waals surface area (Å²) in [5.41, 5.74) is 0. The van der Waals surface area contributed by atoms with Crippen LogP contribution in [0.25, 0.3) is 0 Å². The fourth-order valence-electron chi connectivity index (χ4n) is 9.31. The Morgan fingerprint density at radius 2 is 0.844 bits per heavy atom. The first-order valence-corrected chi connectivity index (χ1v) is 30.5. The van der Waals surface area contributed by atoms with Crippen LogP contribution in [0.4, 0.5) is 0 Å². The van der Waals surface area contributed by atoms with Gasteiger partial charge in [0.2, 0.25) is 0 Å². The van der Waals surface area contributed by atoms with Crippen molar-refractivity contribution in [2.45, 2.75) is 287 Å². The van der Waals surface area contributed by atoms with Gasteiger partial charge in [0.15, 0.2) is 12.6 Å². The molecular formula is C63H110O14. The van der Waals surface area contributed by atoms with Gasteiger partial charge in [-0.15, -0.1) is 0 Å². The van der Waals surface area contributed by atoms with Gasteiger partial charge in [-0.2, -0.15) is 0 Å². The summed E-state index contributed by atoms with van der Waals surface area (Å²) in [5, 5.41) is 72.4. The van der Waals surface area contributed by atoms with Crippen molar-refractivity contribution in [2.24, 2.45) is 0 Å². The summed E-state index contributed by atoms with van der Waals surface area (Å²) in [4.78, 5) is 13.1. The molecule has 2 aliphatic rings. The van der Waals surface area contributed by atoms with Crippen molar-refractivity contribution in [3.8, 4) is 0 Å². The van der Waals surface area contributed by atoms with Gasteiger partial charge >= 0.3 is 5.97 Å². The van der Waals surface area contributed by atoms with Crippen LogP contribution >= 0.6 is 0 Å². The van der Waals surface area contributed by atoms with Crippen LogP contribution in [0.2, 0.25) is 0 Å². The number of aliphatic hydroxyl groups excluding tert-OH is 7. The molecule has 77 heavy (non-hydrogen) atoms. The van der Waals surface area contributed by atoms with E-state index in [2.05, 4.69) is 86.8 Å². The maximum atomic E-state index is 13.1. The Balaban J connectivity index is 1.70. The van der Waals surface area contributed by atoms with E-state index in [-0.39, 0.29) is 25.6 Å². The van der Waals surface area contributed by atoms with Gasteiger partial charge in [0.25, 0.3) is 0 Å². The molecule has 0 amide bonds. The normalized spacial score (nSPS) is 24.8. The molecule has 0 saturated carbocycles. The zero-order valence-electron chi connectivity index (χ0n) is 47.9. The predicted octanol–water partition coefficient (Wildman–Crippen LogP) is 11.4. The number of esters is 1. The minimum absolute atomic E-state index is 0.0505. The Morgan fingerprint density at radius 3 is 1.32 bits per heavy atom. The fraction of sp³-hybridized carbons (Fsp3) is 0.794. The lowest BCUT2D eigenvalue weighted by molar-refractivity contribution is -0.332. The summed E-state index contributed by atoms with van der Waals surface area (Å²) in [6, 6.07) is 0. The molecule has 7 N–H and O–H groups in total. The number of carbonyl (C=O) groups excluding carboxylic acids is 1. The van der Waals surface area contributed by atoms with Crippen molar-refractivity contribution in [1.82, 2.24) is 0 Å². The van der Waals surface area contributed by atoms with E-state index in [0.717, 1.165) is 83.5 Å². The van der Waals surface area contributed by atoms with Crippen LogP contribution in [0.15, 0.2) is 72.9 Å². The lowest BCUT2D eigenvalue weighted by Gasteiger charge is -2.42. The van der Waals surface area contributed by atoms with Crippen molar-refractivity contribution in [1.29, 1.82) is 0 Å². The highest BCUT2D eigenvalue weighted by Crippen LogP contribution is 2.27. The lowest BCUT2D eigenvalue weighted by atomic mass is 9.98. The van der Waals surface area contributed by atoms with Crippen molar-refractivity contribution >= 4 is 5.97 Å². The Labute approximate surface area is 466 Å². The number of hydrogen-bond donors (Lipinski definition) is 7. The van der Waals surface area contributed by atoms with Crippen LogP contribution in [0.5, 0.6) is 0 Å². The summed E-state index contributed by atoms with van der Waals surface area (Å²) >= 11 is 0. The number of allylic oxidation sites excluding steroid dienone is 12. The predicted molar refractivity (Wildman–Crippen MR) is 307 cm³/mol. The van der Waals surface area contributed by atoms with Crippen LogP contribution in [0.1, 0.15) is 219 Å². The van der Waals surface area contributed by atoms with Crippen LogP contribution in [0.3, 0.4) is 0 Å². The maximum absolute atomic E-state index is 13.1. The van der Waals surface area contributed by atoms with Gasteiger partial charge in [-0.3, -0.25) is 4.79 Å². The first-order chi connectivity index (χ1) is 37.6. The van der Waals surface area contributed by atoms with Gasteiger partial charge in [-0.05, 0) is 83.5 Å². The van der Waals surface area contributed by atoms with E-state index in [1.165, 1.54) is 109 Å². The van der Waals surface area contributed by atoms with Crippen molar-refractivity contribution in [3.63, 3.8) is 0 Å². The summed E-state index contributed by atoms with van der Waals surface area (Å²) in [7, 11) is 0. The molecule has 2 aliphatic heterocycles. The summed E-state index contributed by atoms with van der Waals surface area (Å²) < 4.78 is 34.4. The van der Waals surface area contributed by atoms with E-state index < -0.39 is 80.7 Å². The molecule has 0 aromatic rings. The van der Waals surface area contributed by atoms with Crippen LogP contribution in [0, 0.1) is 0 Å². The van der Waals surface area contributed by atoms with Crippen molar-refractivity contribution in [3.05, 3.63) is 72.9 Å². The molecule has 11 atom stereocenters. The molecular weight excluding hydrogens is 981 g/mol. The third-order valence-corrected chi connectivity index (χ3v) is 14.2. The van der Waals surface area contributed by atoms with Gasteiger partial charge in [-0.25, -0.2) is 0 Å². The Morgan fingerprint density at radius 1 is 0.442 bits per heavy atom. The van der Waals surface area contributed by atoms with E-state index >= 15 is 0 Å². The number of rotatable bonds is 49. The highest BCUT2D eigenvalue weighted by Gasteiger charge is 2.47. The minimum atomic E-state index is -1.71. The second-order valence-corrected chi connectivity index (χ2v) is 21.1. The number of ether oxygens (including phenoxy) is 6. The van der Waals surface area contributed by atoms with Crippen LogP contribution < -0.4 is 0 Å². The SMILES string of the molecule is CC/C=C\C/C=C\C/C=C\C/C=C\CCCCCCCCCOCC(COC1OC(COC2OC(CO)C(O)C(O)C2O)C(O)C(O)C1O)OC(=O)CCCCCCCCCCCCC/C=C\C/C=C\CCCCCCC. The molecule has 0 bridgehead atoms. The Hall–Kier alpha value is -2.57. The molecule has 0 radical (unpaired) electrons. The van der Waals surface area contributed by atoms with Gasteiger partial charge in [0, 0.05) is 13.0 Å². The zero-order chi connectivity index (χ0) is 55.8. The molecule has 0 spiro atoms. The van der Waals surface area contributed by atoms with Crippen molar-refractivity contribution < 1.29 is 69.0 Å². The van der Waals surface area contributed by atoms with E-state index in [1.807, 2.05) is 0 Å². The van der Waals surface area contributed by atoms with Crippen molar-refractivity contribution in [2.75, 3.05) is 33.0 Å². The first-order valence-electron chi connectivity index (χ1n) is 30.5. The highest BCUT2D eigenvalue weighted by molar-refractivity contribution is 5.69. The topological polar surface area (TPSA) is 214 Å². The molecule has 0 aliphatic carbocycles. The largest absolute Gasteiger partial charge is 0.457 e. The molecule has 2 heterocycles. The zero-order valence-corrected chi connectivity index (χ0v) is 47.9. The van der Waals surface area contributed by atoms with Crippen LogP contribution in [-0.2, 0) is 33.2 Å². The minimum Gasteiger partial charge on any atom is -0.457 e. The molecule has 2 fully saturated rings. The van der Waals surface area contributed by atoms with Gasteiger partial charge in [0.1, 0.15) is 54.9 Å². The number of unbranched alkanes of at least 4 members (excludes halogenated alkanes) is 23. The molecule has 0 aromatic carbocycles. The summed E-state index contributed by atoms with van der Waals surface area (Å²) in [6.07, 6.45) is 46.7. The van der Waals surface area contributed by atoms with Gasteiger partial charge in [0.05, 0.1) is 26.4 Å². The second kappa shape index (κ2) is 49.3. The second-order valence-electron chi connectivity index (χ2n) is 21.1. The number of hydrogen-bond acceptors (Lipinski definition) is 14. The summed E-state index contributed by atoms with van der Waals surface area (Å²) in [5.74, 6) is -0.383. The summed E-state index contributed by atoms with van der Waals surface area (Å²) in [6.45, 7) is 3.55. The average molecular weight is 1090 g/mol. The first kappa shape index (κ1) is 70.5. The quantitative estimate of drug-likeness (QED) is 0.0172. The monoisotopic (exact) mass is 1090 g/mol. The number of aliphatic hydroxyl groups is 7. The fourth-order valence-corrected chi connectivity index (χ4v) is 9.31. The highest BCUT2D eigenvalue weighted by atomic mass is 16.7. The van der Waals surface area contributed by atoms with E-state index in [4.69, 9.17) is 28.4 Å². The number of carbonyl (C=O) groups is 1. The van der Waals surface area contributed by atoms with E-state index in [1.54, 1.807) is 0 Å². The molecule has 11 unspecified atom stereocenters. The van der Waals surface area contributed by atoms with Gasteiger partial charge in [-0.1, -0.05) is 202 Å². The molecule has 14 heteroatoms. The Bertz CT molecular complexity index is 1550. The van der Waals surface area contributed by atoms with Crippen LogP contribution in [-0.4, -0.2) is 142 Å². The van der Waals surface area contributed by atoms with Gasteiger partial charge < -0.3 is 64.2 Å². The molecule has 2 rings (SSSR count).